The smallest absolute Gasteiger partial charge is 0.216 e. The number of carbonyl (C=O) groups is 2. The van der Waals surface area contributed by atoms with Crippen LogP contribution in [0.5, 0.6) is 0 Å². The third-order valence-electron chi connectivity index (χ3n) is 1.98. The summed E-state index contributed by atoms with van der Waals surface area (Å²) < 4.78 is 13.2. The second-order valence-electron chi connectivity index (χ2n) is 3.39. The molecule has 1 aromatic rings. The van der Waals surface area contributed by atoms with Crippen molar-refractivity contribution in [2.45, 2.75) is 13.3 Å². The zero-order valence-corrected chi connectivity index (χ0v) is 9.42. The molecule has 3 nitrogen and oxygen atoms in total. The fourth-order valence-corrected chi connectivity index (χ4v) is 1.17. The standard InChI is InChI=1S/C13H12FNO2/c1-10(17)15-7-3-2-4-11-5-6-12(9-16)13(14)8-11/h5-6,8-9H,3,7H2,1H3,(H,15,17). The average molecular weight is 233 g/mol. The van der Waals surface area contributed by atoms with E-state index < -0.39 is 5.82 Å². The van der Waals surface area contributed by atoms with Gasteiger partial charge < -0.3 is 5.32 Å². The highest BCUT2D eigenvalue weighted by Crippen LogP contribution is 2.07. The third kappa shape index (κ3) is 4.47. The van der Waals surface area contributed by atoms with Crippen molar-refractivity contribution in [3.05, 3.63) is 35.1 Å². The summed E-state index contributed by atoms with van der Waals surface area (Å²) in [6.45, 7) is 1.90. The van der Waals surface area contributed by atoms with E-state index in [2.05, 4.69) is 17.2 Å². The molecule has 0 heterocycles. The lowest BCUT2D eigenvalue weighted by atomic mass is 10.1. The zero-order chi connectivity index (χ0) is 12.7. The van der Waals surface area contributed by atoms with Gasteiger partial charge in [0.15, 0.2) is 6.29 Å². The Hall–Kier alpha value is -2.15. The fraction of sp³-hybridized carbons (Fsp3) is 0.231. The first-order valence-electron chi connectivity index (χ1n) is 5.11. The first-order chi connectivity index (χ1) is 8.13. The van der Waals surface area contributed by atoms with Crippen molar-refractivity contribution in [3.8, 4) is 11.8 Å². The molecule has 1 rings (SSSR count). The van der Waals surface area contributed by atoms with Crippen LogP contribution in [0.15, 0.2) is 18.2 Å². The summed E-state index contributed by atoms with van der Waals surface area (Å²) in [5, 5.41) is 2.60. The van der Waals surface area contributed by atoms with E-state index in [9.17, 15) is 14.0 Å². The number of hydrogen-bond acceptors (Lipinski definition) is 2. The van der Waals surface area contributed by atoms with E-state index in [-0.39, 0.29) is 11.5 Å². The van der Waals surface area contributed by atoms with Crippen LogP contribution in [0.4, 0.5) is 4.39 Å². The Labute approximate surface area is 99.0 Å². The second-order valence-corrected chi connectivity index (χ2v) is 3.39. The number of halogens is 1. The predicted octanol–water partition coefficient (Wildman–Crippen LogP) is 1.52. The number of carbonyl (C=O) groups excluding carboxylic acids is 2. The Morgan fingerprint density at radius 3 is 2.88 bits per heavy atom. The topological polar surface area (TPSA) is 46.2 Å². The van der Waals surface area contributed by atoms with E-state index in [0.717, 1.165) is 0 Å². The summed E-state index contributed by atoms with van der Waals surface area (Å²) in [6, 6.07) is 4.19. The van der Waals surface area contributed by atoms with Crippen molar-refractivity contribution in [1.82, 2.24) is 5.32 Å². The second kappa shape index (κ2) is 6.44. The molecule has 0 atom stereocenters. The van der Waals surface area contributed by atoms with Crippen LogP contribution in [0, 0.1) is 17.7 Å². The van der Waals surface area contributed by atoms with Gasteiger partial charge in [-0.05, 0) is 18.2 Å². The maximum Gasteiger partial charge on any atom is 0.216 e. The molecule has 0 aliphatic rings. The molecule has 1 aromatic carbocycles. The molecule has 0 aliphatic heterocycles. The molecule has 1 amide bonds. The number of benzene rings is 1. The molecule has 0 fully saturated rings. The highest BCUT2D eigenvalue weighted by molar-refractivity contribution is 5.75. The number of hydrogen-bond donors (Lipinski definition) is 1. The molecule has 0 unspecified atom stereocenters. The first kappa shape index (κ1) is 12.9. The molecule has 0 saturated heterocycles. The van der Waals surface area contributed by atoms with E-state index in [0.29, 0.717) is 24.8 Å². The van der Waals surface area contributed by atoms with Gasteiger partial charge in [-0.25, -0.2) is 4.39 Å². The lowest BCUT2D eigenvalue weighted by Crippen LogP contribution is -2.20. The van der Waals surface area contributed by atoms with Gasteiger partial charge in [0.1, 0.15) is 5.82 Å². The number of rotatable bonds is 3. The number of amides is 1. The predicted molar refractivity (Wildman–Crippen MR) is 62.0 cm³/mol. The lowest BCUT2D eigenvalue weighted by Gasteiger charge is -1.96. The van der Waals surface area contributed by atoms with Crippen LogP contribution in [0.3, 0.4) is 0 Å². The Bertz CT molecular complexity index is 486. The van der Waals surface area contributed by atoms with E-state index in [1.165, 1.54) is 19.1 Å². The molecule has 0 aromatic heterocycles. The van der Waals surface area contributed by atoms with E-state index in [4.69, 9.17) is 0 Å². The SMILES string of the molecule is CC(=O)NCCC#Cc1ccc(C=O)c(F)c1. The van der Waals surface area contributed by atoms with Crippen LogP contribution >= 0.6 is 0 Å². The van der Waals surface area contributed by atoms with Crippen molar-refractivity contribution in [2.24, 2.45) is 0 Å². The van der Waals surface area contributed by atoms with Gasteiger partial charge in [-0.15, -0.1) is 0 Å². The van der Waals surface area contributed by atoms with Gasteiger partial charge in [0.2, 0.25) is 5.91 Å². The van der Waals surface area contributed by atoms with Crippen molar-refractivity contribution < 1.29 is 14.0 Å². The van der Waals surface area contributed by atoms with Gasteiger partial charge >= 0.3 is 0 Å². The molecule has 0 bridgehead atoms. The Kier molecular flexibility index (Phi) is 4.89. The van der Waals surface area contributed by atoms with Gasteiger partial charge in [-0.3, -0.25) is 9.59 Å². The van der Waals surface area contributed by atoms with Crippen molar-refractivity contribution in [1.29, 1.82) is 0 Å². The Morgan fingerprint density at radius 1 is 1.53 bits per heavy atom. The van der Waals surface area contributed by atoms with Gasteiger partial charge in [-0.1, -0.05) is 11.8 Å². The quantitative estimate of drug-likeness (QED) is 0.488. The van der Waals surface area contributed by atoms with Gasteiger partial charge in [-0.2, -0.15) is 0 Å². The first-order valence-corrected chi connectivity index (χ1v) is 5.11. The van der Waals surface area contributed by atoms with Gasteiger partial charge in [0, 0.05) is 25.5 Å². The van der Waals surface area contributed by atoms with E-state index in [1.807, 2.05) is 0 Å². The van der Waals surface area contributed by atoms with Crippen molar-refractivity contribution in [3.63, 3.8) is 0 Å². The highest BCUT2D eigenvalue weighted by Gasteiger charge is 2.00. The molecule has 0 spiro atoms. The average Bonchev–Trinajstić information content (AvgIpc) is 2.28. The molecular formula is C13H12FNO2. The maximum atomic E-state index is 13.2. The summed E-state index contributed by atoms with van der Waals surface area (Å²) in [5.74, 6) is 4.88. The summed E-state index contributed by atoms with van der Waals surface area (Å²) in [7, 11) is 0. The summed E-state index contributed by atoms with van der Waals surface area (Å²) in [6.07, 6.45) is 0.958. The lowest BCUT2D eigenvalue weighted by molar-refractivity contribution is -0.118. The van der Waals surface area contributed by atoms with Crippen LogP contribution < -0.4 is 5.32 Å². The number of nitrogens with one attached hydrogen (secondary N) is 1. The summed E-state index contributed by atoms with van der Waals surface area (Å²) in [4.78, 5) is 20.9. The molecular weight excluding hydrogens is 221 g/mol. The molecule has 1 N–H and O–H groups in total. The molecule has 88 valence electrons. The van der Waals surface area contributed by atoms with Crippen LogP contribution in [-0.4, -0.2) is 18.7 Å². The zero-order valence-electron chi connectivity index (χ0n) is 9.42. The summed E-state index contributed by atoms with van der Waals surface area (Å²) >= 11 is 0. The minimum Gasteiger partial charge on any atom is -0.355 e. The van der Waals surface area contributed by atoms with Crippen molar-refractivity contribution in [2.75, 3.05) is 6.54 Å². The van der Waals surface area contributed by atoms with Crippen LogP contribution in [0.2, 0.25) is 0 Å². The largest absolute Gasteiger partial charge is 0.355 e. The van der Waals surface area contributed by atoms with Crippen LogP contribution in [0.25, 0.3) is 0 Å². The number of aldehydes is 1. The van der Waals surface area contributed by atoms with Gasteiger partial charge in [0.05, 0.1) is 5.56 Å². The normalized spacial score (nSPS) is 9.06. The molecule has 0 radical (unpaired) electrons. The van der Waals surface area contributed by atoms with E-state index in [1.54, 1.807) is 6.07 Å². The Balaban J connectivity index is 2.57. The molecule has 0 saturated carbocycles. The minimum absolute atomic E-state index is 0.0220. The van der Waals surface area contributed by atoms with Gasteiger partial charge in [0.25, 0.3) is 0 Å². The monoisotopic (exact) mass is 233 g/mol. The Morgan fingerprint density at radius 2 is 2.29 bits per heavy atom. The fourth-order valence-electron chi connectivity index (χ4n) is 1.17. The molecule has 17 heavy (non-hydrogen) atoms. The third-order valence-corrected chi connectivity index (χ3v) is 1.98. The molecule has 4 heteroatoms. The molecule has 0 aliphatic carbocycles. The van der Waals surface area contributed by atoms with E-state index >= 15 is 0 Å². The van der Waals surface area contributed by atoms with Crippen molar-refractivity contribution >= 4 is 12.2 Å². The summed E-state index contributed by atoms with van der Waals surface area (Å²) in [5.41, 5.74) is 0.532. The minimum atomic E-state index is -0.575. The maximum absolute atomic E-state index is 13.2. The van der Waals surface area contributed by atoms with Crippen LogP contribution in [-0.2, 0) is 4.79 Å². The highest BCUT2D eigenvalue weighted by atomic mass is 19.1. The van der Waals surface area contributed by atoms with Crippen LogP contribution in [0.1, 0.15) is 29.3 Å².